The van der Waals surface area contributed by atoms with E-state index in [0.717, 1.165) is 9.35 Å². The van der Waals surface area contributed by atoms with Gasteiger partial charge < -0.3 is 10.8 Å². The summed E-state index contributed by atoms with van der Waals surface area (Å²) in [6, 6.07) is 2.13. The van der Waals surface area contributed by atoms with Gasteiger partial charge in [-0.25, -0.2) is 0 Å². The van der Waals surface area contributed by atoms with Crippen molar-refractivity contribution in [3.63, 3.8) is 0 Å². The van der Waals surface area contributed by atoms with Crippen molar-refractivity contribution in [1.82, 2.24) is 0 Å². The second-order valence-electron chi connectivity index (χ2n) is 3.30. The van der Waals surface area contributed by atoms with Crippen LogP contribution in [0.4, 0.5) is 0 Å². The van der Waals surface area contributed by atoms with E-state index in [-0.39, 0.29) is 6.04 Å². The fourth-order valence-electron chi connectivity index (χ4n) is 1.62. The minimum atomic E-state index is -0.646. The molecule has 0 bridgehead atoms. The summed E-state index contributed by atoms with van der Waals surface area (Å²) in [6.07, 6.45) is 1.37. The van der Waals surface area contributed by atoms with E-state index in [4.69, 9.17) is 5.73 Å². The molecule has 2 rings (SSSR count). The van der Waals surface area contributed by atoms with Gasteiger partial charge in [0.05, 0.1) is 4.88 Å². The van der Waals surface area contributed by atoms with Gasteiger partial charge >= 0.3 is 0 Å². The predicted octanol–water partition coefficient (Wildman–Crippen LogP) is 1.82. The Hall–Kier alpha value is 0.100. The van der Waals surface area contributed by atoms with Crippen molar-refractivity contribution in [3.05, 3.63) is 20.8 Å². The predicted molar refractivity (Wildman–Crippen MR) is 53.1 cm³/mol. The van der Waals surface area contributed by atoms with Gasteiger partial charge in [-0.2, -0.15) is 0 Å². The zero-order valence-electron chi connectivity index (χ0n) is 6.46. The van der Waals surface area contributed by atoms with Gasteiger partial charge in [-0.15, -0.1) is 11.3 Å². The van der Waals surface area contributed by atoms with E-state index >= 15 is 0 Å². The molecule has 1 heterocycles. The molecule has 2 nitrogen and oxygen atoms in total. The number of thiophene rings is 1. The molecule has 0 spiro atoms. The van der Waals surface area contributed by atoms with Gasteiger partial charge in [0.1, 0.15) is 5.60 Å². The molecule has 4 heteroatoms. The van der Waals surface area contributed by atoms with Crippen LogP contribution in [0.25, 0.3) is 0 Å². The van der Waals surface area contributed by atoms with Crippen LogP contribution >= 0.6 is 27.3 Å². The molecule has 12 heavy (non-hydrogen) atoms. The first-order chi connectivity index (χ1) is 5.62. The van der Waals surface area contributed by atoms with Gasteiger partial charge in [0, 0.05) is 10.5 Å². The summed E-state index contributed by atoms with van der Waals surface area (Å²) in [4.78, 5) is 1.02. The Morgan fingerprint density at radius 3 is 2.75 bits per heavy atom. The van der Waals surface area contributed by atoms with E-state index < -0.39 is 5.60 Å². The summed E-state index contributed by atoms with van der Waals surface area (Å²) in [7, 11) is 0. The molecule has 66 valence electrons. The highest BCUT2D eigenvalue weighted by molar-refractivity contribution is 9.10. The molecule has 3 N–H and O–H groups in total. The number of rotatable bonds is 1. The molecule has 0 unspecified atom stereocenters. The van der Waals surface area contributed by atoms with Gasteiger partial charge in [-0.3, -0.25) is 0 Å². The van der Waals surface area contributed by atoms with E-state index in [0.29, 0.717) is 12.8 Å². The van der Waals surface area contributed by atoms with Crippen LogP contribution in [-0.2, 0) is 5.60 Å². The Kier molecular flexibility index (Phi) is 2.03. The van der Waals surface area contributed by atoms with E-state index in [2.05, 4.69) is 15.9 Å². The minimum absolute atomic E-state index is 0.170. The molecule has 1 aromatic heterocycles. The van der Waals surface area contributed by atoms with E-state index in [1.165, 1.54) is 0 Å². The number of hydrogen-bond acceptors (Lipinski definition) is 3. The van der Waals surface area contributed by atoms with Crippen LogP contribution in [0.3, 0.4) is 0 Å². The number of hydrogen-bond donors (Lipinski definition) is 2. The lowest BCUT2D eigenvalue weighted by Gasteiger charge is -2.41. The fraction of sp³-hybridized carbons (Fsp3) is 0.500. The van der Waals surface area contributed by atoms with Gasteiger partial charge in [0.25, 0.3) is 0 Å². The monoisotopic (exact) mass is 247 g/mol. The Labute approximate surface area is 83.5 Å². The first-order valence-corrected chi connectivity index (χ1v) is 5.50. The zero-order chi connectivity index (χ0) is 8.77. The van der Waals surface area contributed by atoms with Crippen LogP contribution in [0.2, 0.25) is 0 Å². The van der Waals surface area contributed by atoms with Crippen molar-refractivity contribution < 1.29 is 5.11 Å². The lowest BCUT2D eigenvalue weighted by Crippen LogP contribution is -2.48. The SMILES string of the molecule is NC1CC(O)(c2sccc2Br)C1. The van der Waals surface area contributed by atoms with Crippen molar-refractivity contribution in [1.29, 1.82) is 0 Å². The summed E-state index contributed by atoms with van der Waals surface area (Å²) in [6.45, 7) is 0. The minimum Gasteiger partial charge on any atom is -0.384 e. The first kappa shape index (κ1) is 8.69. The summed E-state index contributed by atoms with van der Waals surface area (Å²) in [5, 5.41) is 12.0. The molecular formula is C8H10BrNOS. The molecule has 0 amide bonds. The van der Waals surface area contributed by atoms with Crippen LogP contribution in [0, 0.1) is 0 Å². The Balaban J connectivity index is 2.26. The Morgan fingerprint density at radius 1 is 1.67 bits per heavy atom. The van der Waals surface area contributed by atoms with Crippen LogP contribution in [0.15, 0.2) is 15.9 Å². The fourth-order valence-corrected chi connectivity index (χ4v) is 3.48. The average Bonchev–Trinajstić information content (AvgIpc) is 2.32. The highest BCUT2D eigenvalue weighted by atomic mass is 79.9. The van der Waals surface area contributed by atoms with Crippen LogP contribution in [-0.4, -0.2) is 11.1 Å². The summed E-state index contributed by atoms with van der Waals surface area (Å²) < 4.78 is 1.00. The zero-order valence-corrected chi connectivity index (χ0v) is 8.86. The molecular weight excluding hydrogens is 238 g/mol. The van der Waals surface area contributed by atoms with Gasteiger partial charge in [0.15, 0.2) is 0 Å². The third kappa shape index (κ3) is 1.23. The van der Waals surface area contributed by atoms with Gasteiger partial charge in [-0.1, -0.05) is 0 Å². The molecule has 1 fully saturated rings. The maximum atomic E-state index is 10.0. The van der Waals surface area contributed by atoms with Gasteiger partial charge in [0.2, 0.25) is 0 Å². The Bertz CT molecular complexity index is 293. The molecule has 1 aliphatic rings. The number of halogens is 1. The molecule has 1 saturated carbocycles. The lowest BCUT2D eigenvalue weighted by molar-refractivity contribution is -0.0496. The normalized spacial score (nSPS) is 34.8. The smallest absolute Gasteiger partial charge is 0.103 e. The van der Waals surface area contributed by atoms with Crippen LogP contribution < -0.4 is 5.73 Å². The second-order valence-corrected chi connectivity index (χ2v) is 5.07. The second kappa shape index (κ2) is 2.80. The molecule has 0 aliphatic heterocycles. The quantitative estimate of drug-likeness (QED) is 0.796. The first-order valence-electron chi connectivity index (χ1n) is 3.83. The van der Waals surface area contributed by atoms with Crippen molar-refractivity contribution in [2.45, 2.75) is 24.5 Å². The van der Waals surface area contributed by atoms with Crippen molar-refractivity contribution in [3.8, 4) is 0 Å². The molecule has 0 saturated heterocycles. The van der Waals surface area contributed by atoms with Crippen molar-refractivity contribution in [2.75, 3.05) is 0 Å². The standard InChI is InChI=1S/C8H10BrNOS/c9-6-1-2-12-7(6)8(11)3-5(10)4-8/h1-2,5,11H,3-4,10H2. The largest absolute Gasteiger partial charge is 0.384 e. The molecule has 0 radical (unpaired) electrons. The molecule has 0 atom stereocenters. The van der Waals surface area contributed by atoms with E-state index in [9.17, 15) is 5.11 Å². The number of nitrogens with two attached hydrogens (primary N) is 1. The summed E-state index contributed by atoms with van der Waals surface area (Å²) in [5.41, 5.74) is 4.99. The third-order valence-electron chi connectivity index (χ3n) is 2.24. The maximum Gasteiger partial charge on any atom is 0.103 e. The van der Waals surface area contributed by atoms with Crippen LogP contribution in [0.5, 0.6) is 0 Å². The number of aliphatic hydroxyl groups is 1. The van der Waals surface area contributed by atoms with E-state index in [1.54, 1.807) is 11.3 Å². The molecule has 1 aliphatic carbocycles. The summed E-state index contributed by atoms with van der Waals surface area (Å²) in [5.74, 6) is 0. The Morgan fingerprint density at radius 2 is 2.33 bits per heavy atom. The topological polar surface area (TPSA) is 46.2 Å². The highest BCUT2D eigenvalue weighted by Crippen LogP contribution is 2.45. The van der Waals surface area contributed by atoms with Crippen LogP contribution in [0.1, 0.15) is 17.7 Å². The van der Waals surface area contributed by atoms with Crippen molar-refractivity contribution in [2.24, 2.45) is 5.73 Å². The molecule has 0 aromatic carbocycles. The lowest BCUT2D eigenvalue weighted by atomic mass is 9.75. The molecule has 1 aromatic rings. The van der Waals surface area contributed by atoms with Gasteiger partial charge in [-0.05, 0) is 40.2 Å². The highest BCUT2D eigenvalue weighted by Gasteiger charge is 2.44. The third-order valence-corrected chi connectivity index (χ3v) is 4.27. The maximum absolute atomic E-state index is 10.0. The van der Waals surface area contributed by atoms with Crippen molar-refractivity contribution >= 4 is 27.3 Å². The summed E-state index contributed by atoms with van der Waals surface area (Å²) >= 11 is 4.99. The van der Waals surface area contributed by atoms with E-state index in [1.807, 2.05) is 11.4 Å². The average molecular weight is 248 g/mol.